The summed E-state index contributed by atoms with van der Waals surface area (Å²) in [6.07, 6.45) is 0. The number of benzene rings is 1. The molecule has 3 N–H and O–H groups in total. The van der Waals surface area contributed by atoms with Crippen LogP contribution in [0.5, 0.6) is 0 Å². The van der Waals surface area contributed by atoms with Crippen LogP contribution in [0.4, 0.5) is 0 Å². The summed E-state index contributed by atoms with van der Waals surface area (Å²) in [6, 6.07) is 4.87. The fourth-order valence-electron chi connectivity index (χ4n) is 1.36. The minimum atomic E-state index is -3.55. The van der Waals surface area contributed by atoms with E-state index in [1.807, 2.05) is 0 Å². The first-order chi connectivity index (χ1) is 8.17. The molecule has 0 amide bonds. The molecule has 0 aliphatic rings. The van der Waals surface area contributed by atoms with E-state index in [9.17, 15) is 8.42 Å². The zero-order valence-corrected chi connectivity index (χ0v) is 13.8. The standard InChI is InChI=1S/C11H16Cl2N2O2S.ClH/c1-11(2,7-14)15-18(16,17)6-8-9(12)4-3-5-10(8)13;/h3-5,15H,6-7,14H2,1-2H3;1H. The van der Waals surface area contributed by atoms with E-state index in [0.717, 1.165) is 0 Å². The number of sulfonamides is 1. The Balaban J connectivity index is 0.00000324. The molecule has 4 nitrogen and oxygen atoms in total. The van der Waals surface area contributed by atoms with Gasteiger partial charge in [-0.1, -0.05) is 29.3 Å². The summed E-state index contributed by atoms with van der Waals surface area (Å²) in [5.41, 5.74) is 5.18. The molecule has 0 saturated heterocycles. The number of nitrogens with two attached hydrogens (primary N) is 1. The molecule has 1 aromatic carbocycles. The van der Waals surface area contributed by atoms with Crippen molar-refractivity contribution in [2.45, 2.75) is 25.1 Å². The Morgan fingerprint density at radius 1 is 1.26 bits per heavy atom. The Morgan fingerprint density at radius 3 is 2.16 bits per heavy atom. The average molecular weight is 348 g/mol. The number of hydrogen-bond acceptors (Lipinski definition) is 3. The number of hydrogen-bond donors (Lipinski definition) is 2. The molecule has 0 saturated carbocycles. The second kappa shape index (κ2) is 7.11. The lowest BCUT2D eigenvalue weighted by Crippen LogP contribution is -2.49. The van der Waals surface area contributed by atoms with Gasteiger partial charge in [0.2, 0.25) is 10.0 Å². The molecule has 1 aromatic rings. The van der Waals surface area contributed by atoms with Crippen molar-refractivity contribution in [1.29, 1.82) is 0 Å². The van der Waals surface area contributed by atoms with Crippen molar-refractivity contribution < 1.29 is 8.42 Å². The lowest BCUT2D eigenvalue weighted by Gasteiger charge is -2.24. The van der Waals surface area contributed by atoms with Crippen molar-refractivity contribution in [3.8, 4) is 0 Å². The smallest absolute Gasteiger partial charge is 0.216 e. The highest BCUT2D eigenvalue weighted by Crippen LogP contribution is 2.26. The van der Waals surface area contributed by atoms with Crippen LogP contribution in [0.2, 0.25) is 10.0 Å². The molecular weight excluding hydrogens is 331 g/mol. The monoisotopic (exact) mass is 346 g/mol. The van der Waals surface area contributed by atoms with Gasteiger partial charge in [0.05, 0.1) is 5.75 Å². The van der Waals surface area contributed by atoms with Crippen LogP contribution in [-0.4, -0.2) is 20.5 Å². The van der Waals surface area contributed by atoms with Gasteiger partial charge < -0.3 is 5.73 Å². The summed E-state index contributed by atoms with van der Waals surface area (Å²) < 4.78 is 26.5. The maximum atomic E-state index is 12.0. The largest absolute Gasteiger partial charge is 0.329 e. The molecule has 0 aliphatic heterocycles. The third kappa shape index (κ3) is 5.85. The average Bonchev–Trinajstić information content (AvgIpc) is 2.22. The third-order valence-corrected chi connectivity index (χ3v) is 4.58. The Kier molecular flexibility index (Phi) is 7.09. The maximum Gasteiger partial charge on any atom is 0.216 e. The maximum absolute atomic E-state index is 12.0. The summed E-state index contributed by atoms with van der Waals surface area (Å²) in [6.45, 7) is 3.61. The van der Waals surface area contributed by atoms with Gasteiger partial charge in [-0.25, -0.2) is 13.1 Å². The highest BCUT2D eigenvalue weighted by atomic mass is 35.5. The third-order valence-electron chi connectivity index (χ3n) is 2.34. The van der Waals surface area contributed by atoms with Gasteiger partial charge in [0.1, 0.15) is 0 Å². The van der Waals surface area contributed by atoms with Gasteiger partial charge in [-0.15, -0.1) is 12.4 Å². The molecule has 8 heteroatoms. The molecule has 110 valence electrons. The molecule has 0 radical (unpaired) electrons. The van der Waals surface area contributed by atoms with E-state index in [1.54, 1.807) is 32.0 Å². The Hall–Kier alpha value is -0.0400. The van der Waals surface area contributed by atoms with E-state index in [1.165, 1.54) is 0 Å². The predicted octanol–water partition coefficient (Wildman–Crippen LogP) is 2.57. The quantitative estimate of drug-likeness (QED) is 0.860. The Morgan fingerprint density at radius 2 is 1.74 bits per heavy atom. The van der Waals surface area contributed by atoms with Crippen LogP contribution in [0.1, 0.15) is 19.4 Å². The molecule has 0 atom stereocenters. The van der Waals surface area contributed by atoms with Gasteiger partial charge in [-0.05, 0) is 26.0 Å². The van der Waals surface area contributed by atoms with E-state index in [2.05, 4.69) is 4.72 Å². The zero-order chi connectivity index (χ0) is 14.0. The minimum absolute atomic E-state index is 0. The minimum Gasteiger partial charge on any atom is -0.329 e. The first-order valence-electron chi connectivity index (χ1n) is 5.31. The SMILES string of the molecule is CC(C)(CN)NS(=O)(=O)Cc1c(Cl)cccc1Cl.Cl. The number of nitrogens with one attached hydrogen (secondary N) is 1. The zero-order valence-electron chi connectivity index (χ0n) is 10.6. The fraction of sp³-hybridized carbons (Fsp3) is 0.455. The molecule has 0 fully saturated rings. The molecule has 0 aliphatic carbocycles. The highest BCUT2D eigenvalue weighted by Gasteiger charge is 2.24. The van der Waals surface area contributed by atoms with Gasteiger partial charge >= 0.3 is 0 Å². The van der Waals surface area contributed by atoms with Gasteiger partial charge in [0.15, 0.2) is 0 Å². The molecular formula is C11H17Cl3N2O2S. The summed E-state index contributed by atoms with van der Waals surface area (Å²) >= 11 is 11.9. The lowest BCUT2D eigenvalue weighted by atomic mass is 10.1. The second-order valence-corrected chi connectivity index (χ2v) is 7.19. The second-order valence-electron chi connectivity index (χ2n) is 4.65. The fourth-order valence-corrected chi connectivity index (χ4v) is 3.74. The van der Waals surface area contributed by atoms with E-state index in [0.29, 0.717) is 15.6 Å². The van der Waals surface area contributed by atoms with E-state index in [-0.39, 0.29) is 24.7 Å². The van der Waals surface area contributed by atoms with Crippen LogP contribution >= 0.6 is 35.6 Å². The molecule has 0 heterocycles. The van der Waals surface area contributed by atoms with Crippen LogP contribution in [-0.2, 0) is 15.8 Å². The molecule has 0 aromatic heterocycles. The summed E-state index contributed by atoms with van der Waals surface area (Å²) in [4.78, 5) is 0. The van der Waals surface area contributed by atoms with Gasteiger partial charge in [0, 0.05) is 27.7 Å². The van der Waals surface area contributed by atoms with Crippen molar-refractivity contribution in [3.05, 3.63) is 33.8 Å². The van der Waals surface area contributed by atoms with Crippen molar-refractivity contribution in [3.63, 3.8) is 0 Å². The Bertz CT molecular complexity index is 512. The number of rotatable bonds is 5. The van der Waals surface area contributed by atoms with Gasteiger partial charge in [-0.2, -0.15) is 0 Å². The Labute approximate surface area is 130 Å². The first kappa shape index (κ1) is 19.0. The van der Waals surface area contributed by atoms with Crippen LogP contribution in [0.25, 0.3) is 0 Å². The lowest BCUT2D eigenvalue weighted by molar-refractivity contribution is 0.462. The van der Waals surface area contributed by atoms with Gasteiger partial charge in [0.25, 0.3) is 0 Å². The number of halogens is 3. The van der Waals surface area contributed by atoms with Crippen LogP contribution < -0.4 is 10.5 Å². The van der Waals surface area contributed by atoms with E-state index < -0.39 is 15.6 Å². The topological polar surface area (TPSA) is 72.2 Å². The first-order valence-corrected chi connectivity index (χ1v) is 7.72. The molecule has 0 bridgehead atoms. The predicted molar refractivity (Wildman–Crippen MR) is 82.6 cm³/mol. The summed E-state index contributed by atoms with van der Waals surface area (Å²) in [5.74, 6) is -0.269. The molecule has 1 rings (SSSR count). The van der Waals surface area contributed by atoms with Crippen LogP contribution in [0.15, 0.2) is 18.2 Å². The molecule has 0 unspecified atom stereocenters. The van der Waals surface area contributed by atoms with Crippen molar-refractivity contribution >= 4 is 45.6 Å². The van der Waals surface area contributed by atoms with Crippen LogP contribution in [0, 0.1) is 0 Å². The van der Waals surface area contributed by atoms with Crippen molar-refractivity contribution in [1.82, 2.24) is 4.72 Å². The summed E-state index contributed by atoms with van der Waals surface area (Å²) in [5, 5.41) is 0.664. The van der Waals surface area contributed by atoms with E-state index >= 15 is 0 Å². The van der Waals surface area contributed by atoms with Crippen molar-refractivity contribution in [2.75, 3.05) is 6.54 Å². The van der Waals surface area contributed by atoms with Gasteiger partial charge in [-0.3, -0.25) is 0 Å². The summed E-state index contributed by atoms with van der Waals surface area (Å²) in [7, 11) is -3.55. The molecule has 0 spiro atoms. The van der Waals surface area contributed by atoms with E-state index in [4.69, 9.17) is 28.9 Å². The molecule has 19 heavy (non-hydrogen) atoms. The van der Waals surface area contributed by atoms with Crippen LogP contribution in [0.3, 0.4) is 0 Å². The normalized spacial score (nSPS) is 12.1. The highest BCUT2D eigenvalue weighted by molar-refractivity contribution is 7.88. The van der Waals surface area contributed by atoms with Crippen molar-refractivity contribution in [2.24, 2.45) is 5.73 Å².